The van der Waals surface area contributed by atoms with Gasteiger partial charge in [-0.05, 0) is 12.5 Å². The van der Waals surface area contributed by atoms with E-state index in [4.69, 9.17) is 5.73 Å². The van der Waals surface area contributed by atoms with E-state index in [1.165, 1.54) is 7.11 Å². The maximum atomic E-state index is 11.2. The van der Waals surface area contributed by atoms with Crippen molar-refractivity contribution >= 4 is 18.4 Å². The van der Waals surface area contributed by atoms with Crippen molar-refractivity contribution in [2.24, 2.45) is 5.73 Å². The third kappa shape index (κ3) is 4.21. The average Bonchev–Trinajstić information content (AvgIpc) is 2.26. The van der Waals surface area contributed by atoms with Crippen LogP contribution in [0.5, 0.6) is 0 Å². The van der Waals surface area contributed by atoms with Gasteiger partial charge in [0.2, 0.25) is 0 Å². The highest BCUT2D eigenvalue weighted by Crippen LogP contribution is 2.22. The fraction of sp³-hybridized carbons (Fsp3) is 0.417. The summed E-state index contributed by atoms with van der Waals surface area (Å²) in [6.45, 7) is 1.90. The van der Waals surface area contributed by atoms with Crippen LogP contribution in [0, 0.1) is 0 Å². The third-order valence-corrected chi connectivity index (χ3v) is 2.48. The molecule has 0 aromatic heterocycles. The van der Waals surface area contributed by atoms with Crippen LogP contribution in [0.2, 0.25) is 0 Å². The first-order valence-electron chi connectivity index (χ1n) is 5.02. The van der Waals surface area contributed by atoms with Gasteiger partial charge in [-0.3, -0.25) is 4.79 Å². The summed E-state index contributed by atoms with van der Waals surface area (Å²) in [7, 11) is 1.39. The van der Waals surface area contributed by atoms with Crippen molar-refractivity contribution in [3.05, 3.63) is 35.9 Å². The van der Waals surface area contributed by atoms with Crippen molar-refractivity contribution in [3.8, 4) is 0 Å². The fourth-order valence-corrected chi connectivity index (χ4v) is 1.57. The summed E-state index contributed by atoms with van der Waals surface area (Å²) in [5.41, 5.74) is 6.95. The molecule has 2 unspecified atom stereocenters. The number of esters is 1. The van der Waals surface area contributed by atoms with E-state index in [2.05, 4.69) is 4.74 Å². The van der Waals surface area contributed by atoms with Gasteiger partial charge in [-0.15, -0.1) is 12.4 Å². The zero-order valence-corrected chi connectivity index (χ0v) is 10.4. The largest absolute Gasteiger partial charge is 0.469 e. The van der Waals surface area contributed by atoms with Crippen LogP contribution in [0.15, 0.2) is 30.3 Å². The van der Waals surface area contributed by atoms with Crippen LogP contribution < -0.4 is 5.73 Å². The van der Waals surface area contributed by atoms with Gasteiger partial charge in [0.25, 0.3) is 0 Å². The van der Waals surface area contributed by atoms with Gasteiger partial charge < -0.3 is 10.5 Å². The third-order valence-electron chi connectivity index (χ3n) is 2.48. The Morgan fingerprint density at radius 3 is 2.38 bits per heavy atom. The van der Waals surface area contributed by atoms with Crippen molar-refractivity contribution in [1.29, 1.82) is 0 Å². The number of nitrogens with two attached hydrogens (primary N) is 1. The Kier molecular flexibility index (Phi) is 6.77. The number of carbonyl (C=O) groups excluding carboxylic acids is 1. The lowest BCUT2D eigenvalue weighted by Gasteiger charge is -2.19. The van der Waals surface area contributed by atoms with Crippen LogP contribution in [0.1, 0.15) is 24.8 Å². The monoisotopic (exact) mass is 243 g/mol. The summed E-state index contributed by atoms with van der Waals surface area (Å²) < 4.78 is 4.66. The molecular formula is C12H18ClNO2. The lowest BCUT2D eigenvalue weighted by Crippen LogP contribution is -2.27. The highest BCUT2D eigenvalue weighted by atomic mass is 35.5. The molecule has 0 saturated carbocycles. The minimum absolute atomic E-state index is 0. The molecule has 0 aliphatic heterocycles. The van der Waals surface area contributed by atoms with Crippen LogP contribution in [0.4, 0.5) is 0 Å². The van der Waals surface area contributed by atoms with Crippen molar-refractivity contribution in [2.75, 3.05) is 7.11 Å². The number of hydrogen-bond acceptors (Lipinski definition) is 3. The first-order chi connectivity index (χ1) is 7.15. The Labute approximate surface area is 102 Å². The first kappa shape index (κ1) is 14.9. The average molecular weight is 244 g/mol. The maximum Gasteiger partial charge on any atom is 0.306 e. The molecule has 2 atom stereocenters. The smallest absolute Gasteiger partial charge is 0.306 e. The predicted octanol–water partition coefficient (Wildman–Crippen LogP) is 2.10. The van der Waals surface area contributed by atoms with Crippen molar-refractivity contribution in [3.63, 3.8) is 0 Å². The quantitative estimate of drug-likeness (QED) is 0.824. The van der Waals surface area contributed by atoms with Gasteiger partial charge in [-0.25, -0.2) is 0 Å². The van der Waals surface area contributed by atoms with E-state index in [9.17, 15) is 4.79 Å². The molecule has 90 valence electrons. The van der Waals surface area contributed by atoms with Gasteiger partial charge in [-0.2, -0.15) is 0 Å². The van der Waals surface area contributed by atoms with Crippen molar-refractivity contribution in [2.45, 2.75) is 25.3 Å². The van der Waals surface area contributed by atoms with Crippen LogP contribution in [-0.2, 0) is 9.53 Å². The molecular weight excluding hydrogens is 226 g/mol. The number of methoxy groups -OCH3 is 1. The van der Waals surface area contributed by atoms with Gasteiger partial charge in [0, 0.05) is 12.0 Å². The highest BCUT2D eigenvalue weighted by Gasteiger charge is 2.19. The van der Waals surface area contributed by atoms with E-state index in [0.29, 0.717) is 6.42 Å². The van der Waals surface area contributed by atoms with Gasteiger partial charge >= 0.3 is 5.97 Å². The second-order valence-corrected chi connectivity index (χ2v) is 3.66. The molecule has 3 nitrogen and oxygen atoms in total. The Morgan fingerprint density at radius 2 is 1.94 bits per heavy atom. The second-order valence-electron chi connectivity index (χ2n) is 3.66. The number of rotatable bonds is 4. The molecule has 1 aromatic rings. The van der Waals surface area contributed by atoms with E-state index >= 15 is 0 Å². The van der Waals surface area contributed by atoms with E-state index in [1.807, 2.05) is 37.3 Å². The summed E-state index contributed by atoms with van der Waals surface area (Å²) >= 11 is 0. The lowest BCUT2D eigenvalue weighted by atomic mass is 9.90. The Bertz CT molecular complexity index is 314. The topological polar surface area (TPSA) is 52.3 Å². The molecule has 2 N–H and O–H groups in total. The summed E-state index contributed by atoms with van der Waals surface area (Å²) in [6.07, 6.45) is 0.332. The standard InChI is InChI=1S/C12H17NO2.ClH/c1-9(13)11(8-12(14)15-2)10-6-4-3-5-7-10;/h3-7,9,11H,8,13H2,1-2H3;1H. The normalized spacial score (nSPS) is 13.4. The molecule has 0 aliphatic rings. The fourth-order valence-electron chi connectivity index (χ4n) is 1.57. The van der Waals surface area contributed by atoms with E-state index in [1.54, 1.807) is 0 Å². The van der Waals surface area contributed by atoms with Gasteiger partial charge in [0.1, 0.15) is 0 Å². The molecule has 16 heavy (non-hydrogen) atoms. The second kappa shape index (κ2) is 7.25. The number of hydrogen-bond donors (Lipinski definition) is 1. The van der Waals surface area contributed by atoms with Gasteiger partial charge in [-0.1, -0.05) is 30.3 Å². The minimum atomic E-state index is -0.221. The predicted molar refractivity (Wildman–Crippen MR) is 66.7 cm³/mol. The minimum Gasteiger partial charge on any atom is -0.469 e. The van der Waals surface area contributed by atoms with E-state index in [-0.39, 0.29) is 30.3 Å². The molecule has 0 saturated heterocycles. The molecule has 1 aromatic carbocycles. The summed E-state index contributed by atoms with van der Waals surface area (Å²) in [5.74, 6) is -0.195. The Morgan fingerprint density at radius 1 is 1.38 bits per heavy atom. The lowest BCUT2D eigenvalue weighted by molar-refractivity contribution is -0.141. The summed E-state index contributed by atoms with van der Waals surface area (Å²) in [4.78, 5) is 11.2. The number of halogens is 1. The van der Waals surface area contributed by atoms with Crippen LogP contribution in [-0.4, -0.2) is 19.1 Å². The summed E-state index contributed by atoms with van der Waals surface area (Å²) in [6, 6.07) is 9.74. The molecule has 0 amide bonds. The number of benzene rings is 1. The van der Waals surface area contributed by atoms with Crippen molar-refractivity contribution < 1.29 is 9.53 Å². The van der Waals surface area contributed by atoms with Crippen LogP contribution in [0.3, 0.4) is 0 Å². The summed E-state index contributed by atoms with van der Waals surface area (Å²) in [5, 5.41) is 0. The Hall–Kier alpha value is -1.06. The molecule has 0 fully saturated rings. The number of ether oxygens (including phenoxy) is 1. The Balaban J connectivity index is 0.00000225. The zero-order chi connectivity index (χ0) is 11.3. The van der Waals surface area contributed by atoms with E-state index < -0.39 is 0 Å². The van der Waals surface area contributed by atoms with Crippen LogP contribution >= 0.6 is 12.4 Å². The molecule has 0 bridgehead atoms. The SMILES string of the molecule is COC(=O)CC(c1ccccc1)C(C)N.Cl. The molecule has 1 rings (SSSR count). The molecule has 4 heteroatoms. The zero-order valence-electron chi connectivity index (χ0n) is 9.55. The first-order valence-corrected chi connectivity index (χ1v) is 5.02. The molecule has 0 heterocycles. The maximum absolute atomic E-state index is 11.2. The molecule has 0 aliphatic carbocycles. The van der Waals surface area contributed by atoms with Crippen molar-refractivity contribution in [1.82, 2.24) is 0 Å². The molecule has 0 spiro atoms. The number of carbonyl (C=O) groups is 1. The van der Waals surface area contributed by atoms with E-state index in [0.717, 1.165) is 5.56 Å². The van der Waals surface area contributed by atoms with Gasteiger partial charge in [0.15, 0.2) is 0 Å². The molecule has 0 radical (unpaired) electrons. The van der Waals surface area contributed by atoms with Crippen LogP contribution in [0.25, 0.3) is 0 Å². The highest BCUT2D eigenvalue weighted by molar-refractivity contribution is 5.85. The van der Waals surface area contributed by atoms with Gasteiger partial charge in [0.05, 0.1) is 13.5 Å².